The van der Waals surface area contributed by atoms with Crippen LogP contribution in [0.5, 0.6) is 0 Å². The Morgan fingerprint density at radius 3 is 2.71 bits per heavy atom. The van der Waals surface area contributed by atoms with Crippen molar-refractivity contribution in [2.75, 3.05) is 20.3 Å². The van der Waals surface area contributed by atoms with Gasteiger partial charge in [0.1, 0.15) is 0 Å². The van der Waals surface area contributed by atoms with E-state index in [-0.39, 0.29) is 0 Å². The van der Waals surface area contributed by atoms with Crippen LogP contribution in [0.3, 0.4) is 0 Å². The van der Waals surface area contributed by atoms with Gasteiger partial charge in [0, 0.05) is 44.9 Å². The summed E-state index contributed by atoms with van der Waals surface area (Å²) in [4.78, 5) is 4.07. The van der Waals surface area contributed by atoms with E-state index in [9.17, 15) is 0 Å². The molecule has 4 heteroatoms. The fourth-order valence-corrected chi connectivity index (χ4v) is 2.68. The Morgan fingerprint density at radius 1 is 1.29 bits per heavy atom. The van der Waals surface area contributed by atoms with Gasteiger partial charge in [0.2, 0.25) is 0 Å². The predicted molar refractivity (Wildman–Crippen MR) is 83.4 cm³/mol. The third-order valence-corrected chi connectivity index (χ3v) is 4.36. The first-order valence-electron chi connectivity index (χ1n) is 7.58. The van der Waals surface area contributed by atoms with Crippen LogP contribution in [0, 0.1) is 5.41 Å². The van der Waals surface area contributed by atoms with E-state index in [1.54, 1.807) is 13.3 Å². The third-order valence-electron chi connectivity index (χ3n) is 4.36. The standard InChI is InChI=1S/C17H23N3O/c1-21-11-8-17(6-7-17)13-19-12-15-2-4-16(5-3-15)20-10-9-18-14-20/h2-5,9-10,14,19H,6-8,11-13H2,1H3. The number of ether oxygens (including phenoxy) is 1. The molecule has 1 N–H and O–H groups in total. The van der Waals surface area contributed by atoms with E-state index in [4.69, 9.17) is 4.74 Å². The Bertz CT molecular complexity index is 544. The lowest BCUT2D eigenvalue weighted by Gasteiger charge is -2.15. The number of aromatic nitrogens is 2. The smallest absolute Gasteiger partial charge is 0.0991 e. The molecule has 3 rings (SSSR count). The summed E-state index contributed by atoms with van der Waals surface area (Å²) in [6.07, 6.45) is 9.42. The fraction of sp³-hybridized carbons (Fsp3) is 0.471. The summed E-state index contributed by atoms with van der Waals surface area (Å²) in [5.41, 5.74) is 2.98. The van der Waals surface area contributed by atoms with E-state index < -0.39 is 0 Å². The minimum absolute atomic E-state index is 0.507. The fourth-order valence-electron chi connectivity index (χ4n) is 2.68. The van der Waals surface area contributed by atoms with E-state index in [2.05, 4.69) is 34.6 Å². The highest BCUT2D eigenvalue weighted by Gasteiger charge is 2.41. The molecular weight excluding hydrogens is 262 g/mol. The van der Waals surface area contributed by atoms with Crippen LogP contribution in [0.1, 0.15) is 24.8 Å². The Balaban J connectivity index is 1.48. The molecule has 1 saturated carbocycles. The number of nitrogens with one attached hydrogen (secondary N) is 1. The highest BCUT2D eigenvalue weighted by atomic mass is 16.5. The van der Waals surface area contributed by atoms with E-state index in [0.29, 0.717) is 5.41 Å². The van der Waals surface area contributed by atoms with Crippen molar-refractivity contribution in [1.29, 1.82) is 0 Å². The van der Waals surface area contributed by atoms with Gasteiger partial charge < -0.3 is 14.6 Å². The van der Waals surface area contributed by atoms with Crippen LogP contribution in [0.25, 0.3) is 5.69 Å². The molecule has 0 atom stereocenters. The molecule has 1 aliphatic rings. The Kier molecular flexibility index (Phi) is 4.36. The first-order valence-corrected chi connectivity index (χ1v) is 7.58. The van der Waals surface area contributed by atoms with Gasteiger partial charge in [-0.3, -0.25) is 0 Å². The molecule has 1 fully saturated rings. The van der Waals surface area contributed by atoms with Crippen LogP contribution in [0.15, 0.2) is 43.0 Å². The van der Waals surface area contributed by atoms with Gasteiger partial charge in [-0.25, -0.2) is 4.98 Å². The van der Waals surface area contributed by atoms with Crippen molar-refractivity contribution >= 4 is 0 Å². The molecule has 112 valence electrons. The Hall–Kier alpha value is -1.65. The van der Waals surface area contributed by atoms with Gasteiger partial charge in [-0.15, -0.1) is 0 Å². The zero-order valence-corrected chi connectivity index (χ0v) is 12.6. The van der Waals surface area contributed by atoms with Gasteiger partial charge in [0.25, 0.3) is 0 Å². The van der Waals surface area contributed by atoms with E-state index in [0.717, 1.165) is 25.4 Å². The van der Waals surface area contributed by atoms with Crippen molar-refractivity contribution in [3.63, 3.8) is 0 Å². The summed E-state index contributed by atoms with van der Waals surface area (Å²) >= 11 is 0. The lowest BCUT2D eigenvalue weighted by Crippen LogP contribution is -2.24. The largest absolute Gasteiger partial charge is 0.385 e. The minimum atomic E-state index is 0.507. The van der Waals surface area contributed by atoms with Gasteiger partial charge in [-0.05, 0) is 42.4 Å². The maximum absolute atomic E-state index is 5.20. The summed E-state index contributed by atoms with van der Waals surface area (Å²) < 4.78 is 7.21. The van der Waals surface area contributed by atoms with Crippen molar-refractivity contribution in [2.24, 2.45) is 5.41 Å². The topological polar surface area (TPSA) is 39.1 Å². The van der Waals surface area contributed by atoms with Crippen LogP contribution in [-0.4, -0.2) is 29.8 Å². The molecule has 0 radical (unpaired) electrons. The molecule has 4 nitrogen and oxygen atoms in total. The molecule has 0 spiro atoms. The van der Waals surface area contributed by atoms with Gasteiger partial charge in [-0.1, -0.05) is 12.1 Å². The summed E-state index contributed by atoms with van der Waals surface area (Å²) in [6, 6.07) is 8.63. The lowest BCUT2D eigenvalue weighted by atomic mass is 10.0. The van der Waals surface area contributed by atoms with Crippen molar-refractivity contribution in [3.05, 3.63) is 48.5 Å². The highest BCUT2D eigenvalue weighted by molar-refractivity contribution is 5.34. The van der Waals surface area contributed by atoms with Crippen molar-refractivity contribution in [3.8, 4) is 5.69 Å². The lowest BCUT2D eigenvalue weighted by molar-refractivity contribution is 0.171. The van der Waals surface area contributed by atoms with Crippen molar-refractivity contribution in [2.45, 2.75) is 25.8 Å². The zero-order valence-electron chi connectivity index (χ0n) is 12.6. The number of hydrogen-bond donors (Lipinski definition) is 1. The third kappa shape index (κ3) is 3.71. The number of imidazole rings is 1. The van der Waals surface area contributed by atoms with Crippen LogP contribution in [0.4, 0.5) is 0 Å². The second-order valence-corrected chi connectivity index (χ2v) is 5.98. The van der Waals surface area contributed by atoms with Gasteiger partial charge in [-0.2, -0.15) is 0 Å². The summed E-state index contributed by atoms with van der Waals surface area (Å²) in [6.45, 7) is 2.90. The molecule has 21 heavy (non-hydrogen) atoms. The molecule has 1 aliphatic carbocycles. The number of nitrogens with zero attached hydrogens (tertiary/aromatic N) is 2. The summed E-state index contributed by atoms with van der Waals surface area (Å²) in [7, 11) is 1.78. The predicted octanol–water partition coefficient (Wildman–Crippen LogP) is 2.78. The monoisotopic (exact) mass is 285 g/mol. The highest BCUT2D eigenvalue weighted by Crippen LogP contribution is 2.48. The summed E-state index contributed by atoms with van der Waals surface area (Å²) in [5, 5.41) is 3.59. The maximum atomic E-state index is 5.20. The molecule has 1 heterocycles. The molecule has 0 bridgehead atoms. The molecule has 0 aliphatic heterocycles. The first kappa shape index (κ1) is 14.3. The van der Waals surface area contributed by atoms with Gasteiger partial charge >= 0.3 is 0 Å². The molecule has 1 aromatic heterocycles. The molecular formula is C17H23N3O. The zero-order chi connectivity index (χ0) is 14.5. The normalized spacial score (nSPS) is 16.0. The second-order valence-electron chi connectivity index (χ2n) is 5.98. The first-order chi connectivity index (χ1) is 10.3. The molecule has 2 aromatic rings. The molecule has 0 amide bonds. The molecule has 1 aromatic carbocycles. The number of methoxy groups -OCH3 is 1. The van der Waals surface area contributed by atoms with E-state index in [1.807, 2.05) is 17.1 Å². The minimum Gasteiger partial charge on any atom is -0.385 e. The SMILES string of the molecule is COCCC1(CNCc2ccc(-n3ccnc3)cc2)CC1. The van der Waals surface area contributed by atoms with Crippen molar-refractivity contribution in [1.82, 2.24) is 14.9 Å². The number of hydrogen-bond acceptors (Lipinski definition) is 3. The number of rotatable bonds is 8. The van der Waals surface area contributed by atoms with Crippen LogP contribution < -0.4 is 5.32 Å². The Labute approximate surface area is 126 Å². The quantitative estimate of drug-likeness (QED) is 0.810. The van der Waals surface area contributed by atoms with E-state index >= 15 is 0 Å². The van der Waals surface area contributed by atoms with E-state index in [1.165, 1.54) is 24.8 Å². The second kappa shape index (κ2) is 6.41. The number of benzene rings is 1. The van der Waals surface area contributed by atoms with Crippen LogP contribution >= 0.6 is 0 Å². The van der Waals surface area contributed by atoms with Gasteiger partial charge in [0.05, 0.1) is 6.33 Å². The average molecular weight is 285 g/mol. The average Bonchev–Trinajstić information content (AvgIpc) is 3.07. The Morgan fingerprint density at radius 2 is 2.10 bits per heavy atom. The summed E-state index contributed by atoms with van der Waals surface area (Å²) in [5.74, 6) is 0. The van der Waals surface area contributed by atoms with Crippen molar-refractivity contribution < 1.29 is 4.74 Å². The molecule has 0 unspecified atom stereocenters. The van der Waals surface area contributed by atoms with Crippen LogP contribution in [-0.2, 0) is 11.3 Å². The molecule has 0 saturated heterocycles. The van der Waals surface area contributed by atoms with Crippen LogP contribution in [0.2, 0.25) is 0 Å². The van der Waals surface area contributed by atoms with Gasteiger partial charge in [0.15, 0.2) is 0 Å². The maximum Gasteiger partial charge on any atom is 0.0991 e.